The smallest absolute Gasteiger partial charge is 0.328 e. The number of rotatable bonds is 2. The van der Waals surface area contributed by atoms with E-state index in [4.69, 9.17) is 5.11 Å². The van der Waals surface area contributed by atoms with Crippen molar-refractivity contribution >= 4 is 28.0 Å². The Kier molecular flexibility index (Phi) is 2.93. The molecule has 0 aliphatic heterocycles. The largest absolute Gasteiger partial charge is 0.478 e. The zero-order chi connectivity index (χ0) is 8.97. The molecule has 1 heterocycles. The minimum absolute atomic E-state index is 0.514. The van der Waals surface area contributed by atoms with E-state index < -0.39 is 5.97 Å². The fraction of sp³-hybridized carbons (Fsp3) is 0. The standard InChI is InChI=1S/C7H5BrN2O2/c8-6-4-9-5(3-10-6)1-2-7(11)12/h1-4H,(H,11,12)/b2-1+. The quantitative estimate of drug-likeness (QED) is 0.777. The molecule has 0 radical (unpaired) electrons. The molecular formula is C7H5BrN2O2. The van der Waals surface area contributed by atoms with Gasteiger partial charge in [-0.05, 0) is 22.0 Å². The summed E-state index contributed by atoms with van der Waals surface area (Å²) in [6.07, 6.45) is 5.37. The van der Waals surface area contributed by atoms with Crippen molar-refractivity contribution in [2.45, 2.75) is 0 Å². The minimum atomic E-state index is -1.00. The minimum Gasteiger partial charge on any atom is -0.478 e. The van der Waals surface area contributed by atoms with Gasteiger partial charge in [-0.3, -0.25) is 4.98 Å². The zero-order valence-electron chi connectivity index (χ0n) is 5.94. The Bertz CT molecular complexity index is 308. The lowest BCUT2D eigenvalue weighted by Gasteiger charge is -1.90. The van der Waals surface area contributed by atoms with Gasteiger partial charge < -0.3 is 5.11 Å². The number of aliphatic carboxylic acids is 1. The van der Waals surface area contributed by atoms with Crippen molar-refractivity contribution in [1.82, 2.24) is 9.97 Å². The maximum absolute atomic E-state index is 10.1. The van der Waals surface area contributed by atoms with E-state index in [1.807, 2.05) is 0 Å². The summed E-state index contributed by atoms with van der Waals surface area (Å²) in [5.41, 5.74) is 0.514. The highest BCUT2D eigenvalue weighted by Crippen LogP contribution is 2.03. The van der Waals surface area contributed by atoms with Crippen LogP contribution in [0.25, 0.3) is 6.08 Å². The molecule has 12 heavy (non-hydrogen) atoms. The van der Waals surface area contributed by atoms with E-state index in [1.165, 1.54) is 18.5 Å². The Morgan fingerprint density at radius 1 is 1.50 bits per heavy atom. The topological polar surface area (TPSA) is 63.1 Å². The van der Waals surface area contributed by atoms with Crippen molar-refractivity contribution in [3.05, 3.63) is 28.8 Å². The van der Waals surface area contributed by atoms with Gasteiger partial charge >= 0.3 is 5.97 Å². The molecule has 62 valence electrons. The molecule has 0 aliphatic carbocycles. The van der Waals surface area contributed by atoms with E-state index in [0.717, 1.165) is 6.08 Å². The van der Waals surface area contributed by atoms with Gasteiger partial charge in [0.15, 0.2) is 0 Å². The van der Waals surface area contributed by atoms with E-state index in [2.05, 4.69) is 25.9 Å². The van der Waals surface area contributed by atoms with Crippen LogP contribution in [0, 0.1) is 0 Å². The van der Waals surface area contributed by atoms with E-state index in [-0.39, 0.29) is 0 Å². The molecule has 1 aromatic heterocycles. The van der Waals surface area contributed by atoms with Crippen molar-refractivity contribution in [1.29, 1.82) is 0 Å². The molecule has 0 spiro atoms. The van der Waals surface area contributed by atoms with Crippen LogP contribution in [0.4, 0.5) is 0 Å². The molecule has 5 heteroatoms. The van der Waals surface area contributed by atoms with E-state index in [1.54, 1.807) is 0 Å². The number of carboxylic acids is 1. The van der Waals surface area contributed by atoms with Crippen molar-refractivity contribution in [2.24, 2.45) is 0 Å². The summed E-state index contributed by atoms with van der Waals surface area (Å²) in [4.78, 5) is 17.9. The van der Waals surface area contributed by atoms with Gasteiger partial charge in [0, 0.05) is 6.08 Å². The summed E-state index contributed by atoms with van der Waals surface area (Å²) in [6.45, 7) is 0. The van der Waals surface area contributed by atoms with E-state index in [0.29, 0.717) is 10.3 Å². The highest BCUT2D eigenvalue weighted by Gasteiger charge is 1.91. The Balaban J connectivity index is 2.77. The first-order valence-corrected chi connectivity index (χ1v) is 3.86. The van der Waals surface area contributed by atoms with Crippen molar-refractivity contribution in [3.8, 4) is 0 Å². The van der Waals surface area contributed by atoms with Crippen molar-refractivity contribution < 1.29 is 9.90 Å². The average molecular weight is 229 g/mol. The molecule has 0 amide bonds. The van der Waals surface area contributed by atoms with Crippen LogP contribution < -0.4 is 0 Å². The number of aromatic nitrogens is 2. The normalized spacial score (nSPS) is 10.4. The van der Waals surface area contributed by atoms with Crippen LogP contribution in [-0.2, 0) is 4.79 Å². The summed E-state index contributed by atoms with van der Waals surface area (Å²) in [7, 11) is 0. The summed E-state index contributed by atoms with van der Waals surface area (Å²) in [5.74, 6) is -1.00. The second kappa shape index (κ2) is 3.96. The molecule has 0 aliphatic rings. The molecule has 4 nitrogen and oxygen atoms in total. The molecule has 1 N–H and O–H groups in total. The summed E-state index contributed by atoms with van der Waals surface area (Å²) >= 11 is 3.11. The maximum Gasteiger partial charge on any atom is 0.328 e. The number of hydrogen-bond acceptors (Lipinski definition) is 3. The molecule has 0 fully saturated rings. The number of nitrogens with zero attached hydrogens (tertiary/aromatic N) is 2. The summed E-state index contributed by atoms with van der Waals surface area (Å²) in [5, 5.41) is 8.29. The van der Waals surface area contributed by atoms with Gasteiger partial charge in [-0.15, -0.1) is 0 Å². The molecule has 0 aromatic carbocycles. The van der Waals surface area contributed by atoms with Gasteiger partial charge in [-0.2, -0.15) is 0 Å². The van der Waals surface area contributed by atoms with Gasteiger partial charge in [-0.1, -0.05) is 0 Å². The molecule has 1 rings (SSSR count). The second-order valence-electron chi connectivity index (χ2n) is 1.94. The van der Waals surface area contributed by atoms with Gasteiger partial charge in [0.1, 0.15) is 4.60 Å². The predicted octanol–water partition coefficient (Wildman–Crippen LogP) is 1.34. The third-order valence-electron chi connectivity index (χ3n) is 1.04. The van der Waals surface area contributed by atoms with Gasteiger partial charge in [0.25, 0.3) is 0 Å². The highest BCUT2D eigenvalue weighted by molar-refractivity contribution is 9.10. The van der Waals surface area contributed by atoms with Crippen LogP contribution in [0.3, 0.4) is 0 Å². The first kappa shape index (κ1) is 8.86. The lowest BCUT2D eigenvalue weighted by Crippen LogP contribution is -1.88. The van der Waals surface area contributed by atoms with Crippen LogP contribution >= 0.6 is 15.9 Å². The average Bonchev–Trinajstić information content (AvgIpc) is 2.03. The van der Waals surface area contributed by atoms with E-state index in [9.17, 15) is 4.79 Å². The van der Waals surface area contributed by atoms with Gasteiger partial charge in [0.2, 0.25) is 0 Å². The summed E-state index contributed by atoms with van der Waals surface area (Å²) < 4.78 is 0.620. The second-order valence-corrected chi connectivity index (χ2v) is 2.75. The Morgan fingerprint density at radius 2 is 2.25 bits per heavy atom. The first-order valence-electron chi connectivity index (χ1n) is 3.07. The van der Waals surface area contributed by atoms with Crippen LogP contribution in [0.1, 0.15) is 5.69 Å². The zero-order valence-corrected chi connectivity index (χ0v) is 7.52. The number of carbonyl (C=O) groups is 1. The number of hydrogen-bond donors (Lipinski definition) is 1. The van der Waals surface area contributed by atoms with Crippen molar-refractivity contribution in [3.63, 3.8) is 0 Å². The molecule has 0 atom stereocenters. The van der Waals surface area contributed by atoms with Crippen LogP contribution in [0.5, 0.6) is 0 Å². The van der Waals surface area contributed by atoms with Crippen LogP contribution in [0.15, 0.2) is 23.1 Å². The van der Waals surface area contributed by atoms with Crippen molar-refractivity contribution in [2.75, 3.05) is 0 Å². The Morgan fingerprint density at radius 3 is 2.75 bits per heavy atom. The molecule has 1 aromatic rings. The van der Waals surface area contributed by atoms with Crippen LogP contribution in [-0.4, -0.2) is 21.0 Å². The Labute approximate surface area is 77.1 Å². The Hall–Kier alpha value is -1.23. The monoisotopic (exact) mass is 228 g/mol. The molecule has 0 saturated heterocycles. The molecule has 0 unspecified atom stereocenters. The molecule has 0 bridgehead atoms. The number of carboxylic acid groups (broad SMARTS) is 1. The summed E-state index contributed by atoms with van der Waals surface area (Å²) in [6, 6.07) is 0. The number of halogens is 1. The van der Waals surface area contributed by atoms with E-state index >= 15 is 0 Å². The van der Waals surface area contributed by atoms with Crippen LogP contribution in [0.2, 0.25) is 0 Å². The SMILES string of the molecule is O=C(O)/C=C/c1cnc(Br)cn1. The highest BCUT2D eigenvalue weighted by atomic mass is 79.9. The molecular weight excluding hydrogens is 224 g/mol. The van der Waals surface area contributed by atoms with Gasteiger partial charge in [0.05, 0.1) is 18.1 Å². The predicted molar refractivity (Wildman–Crippen MR) is 46.4 cm³/mol. The lowest BCUT2D eigenvalue weighted by atomic mass is 10.4. The first-order chi connectivity index (χ1) is 5.68. The lowest BCUT2D eigenvalue weighted by molar-refractivity contribution is -0.131. The van der Waals surface area contributed by atoms with Gasteiger partial charge in [-0.25, -0.2) is 9.78 Å². The fourth-order valence-corrected chi connectivity index (χ4v) is 0.770. The fourth-order valence-electron chi connectivity index (χ4n) is 0.565. The maximum atomic E-state index is 10.1. The third kappa shape index (κ3) is 2.79. The molecule has 0 saturated carbocycles. The third-order valence-corrected chi connectivity index (χ3v) is 1.45.